The van der Waals surface area contributed by atoms with Crippen LogP contribution in [0.3, 0.4) is 0 Å². The summed E-state index contributed by atoms with van der Waals surface area (Å²) in [5.41, 5.74) is 3.41. The Hall–Kier alpha value is -1.79. The lowest BCUT2D eigenvalue weighted by atomic mass is 10.1. The maximum absolute atomic E-state index is 9.46. The fourth-order valence-corrected chi connectivity index (χ4v) is 3.63. The fourth-order valence-electron chi connectivity index (χ4n) is 3.51. The second-order valence-electron chi connectivity index (χ2n) is 7.60. The molecule has 1 aliphatic heterocycles. The second-order valence-corrected chi connectivity index (χ2v) is 8.04. The number of halogens is 1. The van der Waals surface area contributed by atoms with Crippen molar-refractivity contribution in [2.45, 2.75) is 32.9 Å². The lowest BCUT2D eigenvalue weighted by Gasteiger charge is -2.41. The van der Waals surface area contributed by atoms with E-state index < -0.39 is 0 Å². The molecule has 0 bridgehead atoms. The molecule has 0 amide bonds. The Morgan fingerprint density at radius 3 is 2.54 bits per heavy atom. The fraction of sp³-hybridized carbons (Fsp3) is 0.455. The molecule has 0 spiro atoms. The summed E-state index contributed by atoms with van der Waals surface area (Å²) in [7, 11) is 0. The molecule has 1 aromatic heterocycles. The van der Waals surface area contributed by atoms with Crippen LogP contribution in [-0.2, 0) is 6.54 Å². The minimum atomic E-state index is 0.225. The molecule has 2 heterocycles. The molecule has 1 N–H and O–H groups in total. The zero-order valence-corrected chi connectivity index (χ0v) is 17.4. The van der Waals surface area contributed by atoms with Gasteiger partial charge in [0.1, 0.15) is 0 Å². The van der Waals surface area contributed by atoms with Crippen LogP contribution < -0.4 is 0 Å². The summed E-state index contributed by atoms with van der Waals surface area (Å²) >= 11 is 5.94. The third kappa shape index (κ3) is 5.85. The lowest BCUT2D eigenvalue weighted by molar-refractivity contribution is 0.0635. The molecule has 0 radical (unpaired) electrons. The Bertz CT molecular complexity index is 772. The van der Waals surface area contributed by atoms with Gasteiger partial charge in [0.2, 0.25) is 0 Å². The second kappa shape index (κ2) is 10.1. The summed E-state index contributed by atoms with van der Waals surface area (Å²) in [4.78, 5) is 14.0. The summed E-state index contributed by atoms with van der Waals surface area (Å²) in [6, 6.07) is 7.95. The van der Waals surface area contributed by atoms with E-state index in [4.69, 9.17) is 11.6 Å². The van der Waals surface area contributed by atoms with Crippen molar-refractivity contribution in [3.63, 3.8) is 0 Å². The molecule has 150 valence electrons. The smallest absolute Gasteiger partial charge is 0.159 e. The summed E-state index contributed by atoms with van der Waals surface area (Å²) in [5.74, 6) is 0.713. The van der Waals surface area contributed by atoms with Crippen LogP contribution in [0.15, 0.2) is 48.3 Å². The van der Waals surface area contributed by atoms with Gasteiger partial charge in [-0.25, -0.2) is 9.97 Å². The first-order valence-electron chi connectivity index (χ1n) is 9.82. The van der Waals surface area contributed by atoms with Crippen molar-refractivity contribution >= 4 is 11.6 Å². The van der Waals surface area contributed by atoms with Gasteiger partial charge in [0.25, 0.3) is 0 Å². The Kier molecular flexibility index (Phi) is 7.57. The van der Waals surface area contributed by atoms with Crippen LogP contribution in [0.2, 0.25) is 5.02 Å². The number of allylic oxidation sites excluding steroid dienone is 1. The molecule has 1 unspecified atom stereocenters. The third-order valence-corrected chi connectivity index (χ3v) is 5.35. The molecule has 28 heavy (non-hydrogen) atoms. The Morgan fingerprint density at radius 1 is 1.18 bits per heavy atom. The van der Waals surface area contributed by atoms with E-state index in [2.05, 4.69) is 39.7 Å². The van der Waals surface area contributed by atoms with Crippen molar-refractivity contribution in [3.05, 3.63) is 58.9 Å². The molecule has 1 aliphatic rings. The predicted molar refractivity (Wildman–Crippen MR) is 114 cm³/mol. The number of nitrogens with zero attached hydrogens (tertiary/aromatic N) is 4. The molecule has 5 nitrogen and oxygen atoms in total. The van der Waals surface area contributed by atoms with Crippen molar-refractivity contribution in [2.24, 2.45) is 0 Å². The van der Waals surface area contributed by atoms with Gasteiger partial charge < -0.3 is 5.11 Å². The topological polar surface area (TPSA) is 52.5 Å². The first kappa shape index (κ1) is 20.9. The van der Waals surface area contributed by atoms with Crippen molar-refractivity contribution in [1.82, 2.24) is 19.8 Å². The largest absolute Gasteiger partial charge is 0.396 e. The van der Waals surface area contributed by atoms with Crippen LogP contribution >= 0.6 is 11.6 Å². The highest BCUT2D eigenvalue weighted by molar-refractivity contribution is 6.30. The molecular weight excluding hydrogens is 372 g/mol. The molecule has 6 heteroatoms. The number of aliphatic hydroxyl groups is 1. The number of hydrogen-bond donors (Lipinski definition) is 1. The summed E-state index contributed by atoms with van der Waals surface area (Å²) in [6.07, 6.45) is 6.89. The van der Waals surface area contributed by atoms with E-state index in [0.717, 1.165) is 50.3 Å². The molecule has 0 aliphatic carbocycles. The van der Waals surface area contributed by atoms with Gasteiger partial charge >= 0.3 is 0 Å². The van der Waals surface area contributed by atoms with Crippen LogP contribution in [0.5, 0.6) is 0 Å². The average Bonchev–Trinajstić information content (AvgIpc) is 2.69. The van der Waals surface area contributed by atoms with E-state index >= 15 is 0 Å². The number of benzene rings is 1. The van der Waals surface area contributed by atoms with Gasteiger partial charge in [-0.2, -0.15) is 0 Å². The molecular formula is C22H29ClN4O. The molecule has 1 aromatic carbocycles. The zero-order chi connectivity index (χ0) is 19.9. The number of hydrogen-bond acceptors (Lipinski definition) is 5. The van der Waals surface area contributed by atoms with E-state index in [0.29, 0.717) is 16.9 Å². The van der Waals surface area contributed by atoms with Crippen LogP contribution in [0.25, 0.3) is 11.4 Å². The highest BCUT2D eigenvalue weighted by Gasteiger charge is 2.26. The molecule has 0 saturated carbocycles. The van der Waals surface area contributed by atoms with Gasteiger partial charge in [-0.3, -0.25) is 9.80 Å². The van der Waals surface area contributed by atoms with Crippen LogP contribution in [0.1, 0.15) is 25.8 Å². The van der Waals surface area contributed by atoms with E-state index in [-0.39, 0.29) is 6.61 Å². The molecule has 1 atom stereocenters. The minimum absolute atomic E-state index is 0.225. The molecule has 3 rings (SSSR count). The van der Waals surface area contributed by atoms with Gasteiger partial charge in [0, 0.05) is 73.9 Å². The highest BCUT2D eigenvalue weighted by atomic mass is 35.5. The van der Waals surface area contributed by atoms with Gasteiger partial charge in [-0.15, -0.1) is 0 Å². The van der Waals surface area contributed by atoms with Crippen molar-refractivity contribution in [2.75, 3.05) is 32.8 Å². The standard InChI is InChI=1S/C22H29ClN4O/c1-17(2)7-9-27-11-10-26(16-21(27)8-12-28)15-18-13-24-22(25-14-18)19-3-5-20(23)6-4-19/h3-7,13-14,21,28H,8-12,15-16H2,1-2H3. The normalized spacial score (nSPS) is 18.2. The quantitative estimate of drug-likeness (QED) is 0.719. The van der Waals surface area contributed by atoms with Gasteiger partial charge in [-0.1, -0.05) is 23.3 Å². The van der Waals surface area contributed by atoms with E-state index in [1.165, 1.54) is 5.57 Å². The predicted octanol–water partition coefficient (Wildman–Crippen LogP) is 3.63. The number of aromatic nitrogens is 2. The minimum Gasteiger partial charge on any atom is -0.396 e. The third-order valence-electron chi connectivity index (χ3n) is 5.10. The molecule has 2 aromatic rings. The first-order valence-corrected chi connectivity index (χ1v) is 10.2. The SMILES string of the molecule is CC(C)=CCN1CCN(Cc2cnc(-c3ccc(Cl)cc3)nc2)CC1CCO. The van der Waals surface area contributed by atoms with Crippen molar-refractivity contribution in [1.29, 1.82) is 0 Å². The molecule has 1 fully saturated rings. The molecule has 1 saturated heterocycles. The highest BCUT2D eigenvalue weighted by Crippen LogP contribution is 2.19. The van der Waals surface area contributed by atoms with E-state index in [9.17, 15) is 5.11 Å². The maximum Gasteiger partial charge on any atom is 0.159 e. The summed E-state index contributed by atoms with van der Waals surface area (Å²) < 4.78 is 0. The number of rotatable bonds is 7. The Labute approximate surface area is 172 Å². The van der Waals surface area contributed by atoms with Gasteiger partial charge in [-0.05, 0) is 44.5 Å². The van der Waals surface area contributed by atoms with Crippen LogP contribution in [0.4, 0.5) is 0 Å². The zero-order valence-electron chi connectivity index (χ0n) is 16.7. The Morgan fingerprint density at radius 2 is 1.89 bits per heavy atom. The summed E-state index contributed by atoms with van der Waals surface area (Å²) in [5, 5.41) is 10.2. The lowest BCUT2D eigenvalue weighted by Crippen LogP contribution is -2.53. The van der Waals surface area contributed by atoms with Crippen molar-refractivity contribution < 1.29 is 5.11 Å². The first-order chi connectivity index (χ1) is 13.5. The van der Waals surface area contributed by atoms with Gasteiger partial charge in [0.15, 0.2) is 5.82 Å². The maximum atomic E-state index is 9.46. The number of aliphatic hydroxyl groups excluding tert-OH is 1. The summed E-state index contributed by atoms with van der Waals surface area (Å²) in [6.45, 7) is 9.25. The van der Waals surface area contributed by atoms with E-state index in [1.54, 1.807) is 0 Å². The van der Waals surface area contributed by atoms with E-state index in [1.807, 2.05) is 36.7 Å². The Balaban J connectivity index is 1.60. The van der Waals surface area contributed by atoms with Gasteiger partial charge in [0.05, 0.1) is 0 Å². The number of piperazine rings is 1. The monoisotopic (exact) mass is 400 g/mol. The average molecular weight is 401 g/mol. The van der Waals surface area contributed by atoms with Crippen LogP contribution in [0, 0.1) is 0 Å². The van der Waals surface area contributed by atoms with Crippen LogP contribution in [-0.4, -0.2) is 63.7 Å². The van der Waals surface area contributed by atoms with Crippen molar-refractivity contribution in [3.8, 4) is 11.4 Å².